The summed E-state index contributed by atoms with van der Waals surface area (Å²) in [6.07, 6.45) is 0.857. The standard InChI is InChI=1S/C25H33F3N6O5/c1-2-38-11-10-32-21(35)19-20(34(24(32)37)15-39-22(36)25(26,27)28)30-23(31-9-8-17-12-29-13-18(17)31)33(19)14-16-6-4-3-5-7-16/h16,29H,2-15H2,1H3. The molecule has 0 atom stereocenters. The van der Waals surface area contributed by atoms with Crippen LogP contribution in [0, 0.1) is 5.92 Å². The first-order valence-electron chi connectivity index (χ1n) is 13.5. The number of ether oxygens (including phenoxy) is 2. The van der Waals surface area contributed by atoms with Crippen molar-refractivity contribution < 1.29 is 27.4 Å². The molecule has 2 aliphatic heterocycles. The van der Waals surface area contributed by atoms with Gasteiger partial charge in [-0.3, -0.25) is 9.36 Å². The average Bonchev–Trinajstić information content (AvgIpc) is 3.61. The van der Waals surface area contributed by atoms with Crippen LogP contribution in [0.4, 0.5) is 19.1 Å². The zero-order valence-electron chi connectivity index (χ0n) is 21.9. The van der Waals surface area contributed by atoms with E-state index in [9.17, 15) is 27.6 Å². The fourth-order valence-corrected chi connectivity index (χ4v) is 5.78. The lowest BCUT2D eigenvalue weighted by Gasteiger charge is -2.26. The van der Waals surface area contributed by atoms with E-state index in [1.807, 2.05) is 9.47 Å². The molecule has 2 aromatic rings. The van der Waals surface area contributed by atoms with Gasteiger partial charge in [-0.2, -0.15) is 18.2 Å². The molecule has 1 saturated carbocycles. The molecule has 5 rings (SSSR count). The van der Waals surface area contributed by atoms with E-state index in [2.05, 4.69) is 10.1 Å². The van der Waals surface area contributed by atoms with E-state index in [1.54, 1.807) is 6.92 Å². The van der Waals surface area contributed by atoms with Gasteiger partial charge in [0.15, 0.2) is 17.9 Å². The number of hydrogen-bond acceptors (Lipinski definition) is 8. The monoisotopic (exact) mass is 554 g/mol. The maximum Gasteiger partial charge on any atom is 0.490 e. The number of alkyl halides is 3. The van der Waals surface area contributed by atoms with E-state index in [4.69, 9.17) is 9.72 Å². The molecule has 0 aromatic carbocycles. The molecule has 0 amide bonds. The number of nitrogens with zero attached hydrogens (tertiary/aromatic N) is 5. The molecule has 1 N–H and O–H groups in total. The Balaban J connectivity index is 1.67. The van der Waals surface area contributed by atoms with Gasteiger partial charge in [0, 0.05) is 38.5 Å². The largest absolute Gasteiger partial charge is 0.490 e. The predicted octanol–water partition coefficient (Wildman–Crippen LogP) is 2.11. The van der Waals surface area contributed by atoms with Crippen molar-refractivity contribution in [1.82, 2.24) is 24.0 Å². The van der Waals surface area contributed by atoms with Gasteiger partial charge in [0.2, 0.25) is 5.95 Å². The molecular weight excluding hydrogens is 521 g/mol. The van der Waals surface area contributed by atoms with Crippen LogP contribution < -0.4 is 21.5 Å². The van der Waals surface area contributed by atoms with Crippen LogP contribution in [-0.2, 0) is 34.1 Å². The highest BCUT2D eigenvalue weighted by Gasteiger charge is 2.41. The minimum atomic E-state index is -5.23. The third kappa shape index (κ3) is 5.36. The van der Waals surface area contributed by atoms with Crippen molar-refractivity contribution in [3.8, 4) is 0 Å². The molecule has 0 bridgehead atoms. The van der Waals surface area contributed by atoms with Crippen molar-refractivity contribution in [2.24, 2.45) is 5.92 Å². The van der Waals surface area contributed by atoms with Gasteiger partial charge < -0.3 is 24.3 Å². The molecule has 0 spiro atoms. The third-order valence-electron chi connectivity index (χ3n) is 7.72. The van der Waals surface area contributed by atoms with Crippen molar-refractivity contribution in [1.29, 1.82) is 0 Å². The smallest absolute Gasteiger partial charge is 0.437 e. The molecule has 3 aliphatic rings. The molecule has 0 unspecified atom stereocenters. The van der Waals surface area contributed by atoms with E-state index >= 15 is 0 Å². The molecule has 4 heterocycles. The van der Waals surface area contributed by atoms with Gasteiger partial charge in [-0.25, -0.2) is 14.2 Å². The Morgan fingerprint density at radius 3 is 2.59 bits per heavy atom. The van der Waals surface area contributed by atoms with Crippen molar-refractivity contribution in [2.75, 3.05) is 37.7 Å². The van der Waals surface area contributed by atoms with Crippen LogP contribution in [0.5, 0.6) is 0 Å². The van der Waals surface area contributed by atoms with Gasteiger partial charge in [0.05, 0.1) is 13.2 Å². The number of esters is 1. The Bertz CT molecular complexity index is 1390. The first-order valence-corrected chi connectivity index (χ1v) is 13.5. The normalized spacial score (nSPS) is 18.4. The van der Waals surface area contributed by atoms with E-state index in [1.165, 1.54) is 5.57 Å². The lowest BCUT2D eigenvalue weighted by Crippen LogP contribution is -2.42. The van der Waals surface area contributed by atoms with Crippen molar-refractivity contribution in [2.45, 2.75) is 71.4 Å². The second-order valence-corrected chi connectivity index (χ2v) is 10.2. The fourth-order valence-electron chi connectivity index (χ4n) is 5.78. The fraction of sp³-hybridized carbons (Fsp3) is 0.680. The highest BCUT2D eigenvalue weighted by Crippen LogP contribution is 2.34. The molecule has 0 radical (unpaired) electrons. The summed E-state index contributed by atoms with van der Waals surface area (Å²) in [5.41, 5.74) is 0.801. The number of halogens is 3. The number of nitrogens with one attached hydrogen (secondary N) is 1. The Morgan fingerprint density at radius 1 is 1.10 bits per heavy atom. The first kappa shape index (κ1) is 27.4. The lowest BCUT2D eigenvalue weighted by molar-refractivity contribution is -0.203. The maximum atomic E-state index is 13.8. The van der Waals surface area contributed by atoms with Gasteiger partial charge in [-0.1, -0.05) is 19.3 Å². The highest BCUT2D eigenvalue weighted by molar-refractivity contribution is 5.77. The van der Waals surface area contributed by atoms with Gasteiger partial charge in [0.25, 0.3) is 5.56 Å². The number of rotatable bonds is 9. The van der Waals surface area contributed by atoms with Crippen LogP contribution in [0.15, 0.2) is 20.9 Å². The van der Waals surface area contributed by atoms with E-state index < -0.39 is 30.1 Å². The minimum absolute atomic E-state index is 0.0527. The molecule has 1 fully saturated rings. The number of aromatic nitrogens is 4. The van der Waals surface area contributed by atoms with Crippen molar-refractivity contribution >= 4 is 23.1 Å². The van der Waals surface area contributed by atoms with Crippen molar-refractivity contribution in [3.05, 3.63) is 32.1 Å². The average molecular weight is 555 g/mol. The Morgan fingerprint density at radius 2 is 1.87 bits per heavy atom. The number of imidazole rings is 1. The first-order chi connectivity index (χ1) is 18.7. The summed E-state index contributed by atoms with van der Waals surface area (Å²) in [4.78, 5) is 45.4. The predicted molar refractivity (Wildman–Crippen MR) is 135 cm³/mol. The summed E-state index contributed by atoms with van der Waals surface area (Å²) in [7, 11) is 0. The van der Waals surface area contributed by atoms with Crippen molar-refractivity contribution in [3.63, 3.8) is 0 Å². The zero-order valence-corrected chi connectivity index (χ0v) is 21.9. The Kier molecular flexibility index (Phi) is 7.85. The highest BCUT2D eigenvalue weighted by atomic mass is 19.4. The SMILES string of the molecule is CCOCCn1c(=O)c2c(nc(N3CCC4=C3CNC4)n2CC2CCCCC2)n(COC(=O)C(F)(F)F)c1=O. The van der Waals surface area contributed by atoms with Crippen LogP contribution in [0.2, 0.25) is 0 Å². The minimum Gasteiger partial charge on any atom is -0.437 e. The van der Waals surface area contributed by atoms with Crippen LogP contribution in [0.3, 0.4) is 0 Å². The molecular formula is C25H33F3N6O5. The summed E-state index contributed by atoms with van der Waals surface area (Å²) in [6, 6.07) is 0. The zero-order chi connectivity index (χ0) is 27.7. The van der Waals surface area contributed by atoms with Crippen LogP contribution in [0.1, 0.15) is 45.4 Å². The molecule has 11 nitrogen and oxygen atoms in total. The Labute approximate surface area is 222 Å². The van der Waals surface area contributed by atoms with Gasteiger partial charge >= 0.3 is 17.8 Å². The van der Waals surface area contributed by atoms with Crippen LogP contribution >= 0.6 is 0 Å². The van der Waals surface area contributed by atoms with Gasteiger partial charge in [0.1, 0.15) is 0 Å². The van der Waals surface area contributed by atoms with Gasteiger partial charge in [-0.05, 0) is 37.7 Å². The topological polar surface area (TPSA) is 113 Å². The molecule has 214 valence electrons. The summed E-state index contributed by atoms with van der Waals surface area (Å²) < 4.78 is 52.1. The van der Waals surface area contributed by atoms with E-state index in [-0.39, 0.29) is 30.2 Å². The second kappa shape index (κ2) is 11.2. The van der Waals surface area contributed by atoms with E-state index in [0.29, 0.717) is 32.2 Å². The molecule has 39 heavy (non-hydrogen) atoms. The number of carbonyl (C=O) groups excluding carboxylic acids is 1. The molecule has 0 saturated heterocycles. The number of fused-ring (bicyclic) bond motifs is 1. The summed E-state index contributed by atoms with van der Waals surface area (Å²) in [5.74, 6) is -1.67. The van der Waals surface area contributed by atoms with E-state index in [0.717, 1.165) is 59.9 Å². The number of carbonyl (C=O) groups is 1. The quantitative estimate of drug-likeness (QED) is 0.371. The second-order valence-electron chi connectivity index (χ2n) is 10.2. The van der Waals surface area contributed by atoms with Gasteiger partial charge in [-0.15, -0.1) is 0 Å². The maximum absolute atomic E-state index is 13.8. The lowest BCUT2D eigenvalue weighted by atomic mass is 9.89. The summed E-state index contributed by atoms with van der Waals surface area (Å²) in [6.45, 7) is 3.57. The third-order valence-corrected chi connectivity index (χ3v) is 7.72. The number of hydrogen-bond donors (Lipinski definition) is 1. The molecule has 14 heteroatoms. The number of anilines is 1. The molecule has 1 aliphatic carbocycles. The summed E-state index contributed by atoms with van der Waals surface area (Å²) >= 11 is 0. The molecule has 2 aromatic heterocycles. The van der Waals surface area contributed by atoms with Crippen LogP contribution in [-0.4, -0.2) is 63.7 Å². The van der Waals surface area contributed by atoms with Crippen LogP contribution in [0.25, 0.3) is 11.2 Å². The summed E-state index contributed by atoms with van der Waals surface area (Å²) in [5, 5.41) is 3.32. The Hall–Kier alpha value is -3.13.